The highest BCUT2D eigenvalue weighted by Crippen LogP contribution is 2.29. The SMILES string of the molecule is COc1ccc2cc(CCc3c(C(=O)O)[nH]c(=O)[nH]c3=O)c(OC)cc2c1. The molecule has 0 fully saturated rings. The molecular weight excluding hydrogens is 352 g/mol. The van der Waals surface area contributed by atoms with Crippen LogP contribution in [-0.2, 0) is 12.8 Å². The molecule has 3 aromatic rings. The first kappa shape index (κ1) is 18.2. The molecule has 0 atom stereocenters. The molecule has 0 saturated heterocycles. The lowest BCUT2D eigenvalue weighted by Crippen LogP contribution is -2.30. The summed E-state index contributed by atoms with van der Waals surface area (Å²) < 4.78 is 10.7. The molecule has 8 heteroatoms. The first-order chi connectivity index (χ1) is 12.9. The molecule has 0 aliphatic rings. The van der Waals surface area contributed by atoms with Gasteiger partial charge in [-0.15, -0.1) is 0 Å². The number of methoxy groups -OCH3 is 2. The summed E-state index contributed by atoms with van der Waals surface area (Å²) in [5.74, 6) is -0.0116. The molecule has 0 bridgehead atoms. The number of rotatable bonds is 6. The third-order valence-corrected chi connectivity index (χ3v) is 4.35. The van der Waals surface area contributed by atoms with Gasteiger partial charge in [0, 0.05) is 5.56 Å². The quantitative estimate of drug-likeness (QED) is 0.607. The van der Waals surface area contributed by atoms with Crippen LogP contribution in [0.4, 0.5) is 0 Å². The van der Waals surface area contributed by atoms with E-state index in [0.29, 0.717) is 12.2 Å². The summed E-state index contributed by atoms with van der Waals surface area (Å²) in [7, 11) is 3.13. The van der Waals surface area contributed by atoms with Gasteiger partial charge in [-0.2, -0.15) is 0 Å². The fourth-order valence-corrected chi connectivity index (χ4v) is 3.01. The van der Waals surface area contributed by atoms with Crippen molar-refractivity contribution in [3.8, 4) is 11.5 Å². The second-order valence-corrected chi connectivity index (χ2v) is 5.94. The molecular formula is C19H18N2O6. The third-order valence-electron chi connectivity index (χ3n) is 4.35. The van der Waals surface area contributed by atoms with Gasteiger partial charge < -0.3 is 19.6 Å². The lowest BCUT2D eigenvalue weighted by atomic mass is 9.99. The normalized spacial score (nSPS) is 10.7. The van der Waals surface area contributed by atoms with Gasteiger partial charge in [-0.05, 0) is 53.4 Å². The number of ether oxygens (including phenoxy) is 2. The Morgan fingerprint density at radius 3 is 2.44 bits per heavy atom. The van der Waals surface area contributed by atoms with E-state index in [1.165, 1.54) is 0 Å². The third kappa shape index (κ3) is 3.69. The molecule has 0 radical (unpaired) electrons. The van der Waals surface area contributed by atoms with Crippen LogP contribution < -0.4 is 20.7 Å². The van der Waals surface area contributed by atoms with Gasteiger partial charge >= 0.3 is 11.7 Å². The molecule has 0 spiro atoms. The summed E-state index contributed by atoms with van der Waals surface area (Å²) >= 11 is 0. The Morgan fingerprint density at radius 2 is 1.78 bits per heavy atom. The van der Waals surface area contributed by atoms with Gasteiger partial charge in [-0.1, -0.05) is 6.07 Å². The van der Waals surface area contributed by atoms with Crippen LogP contribution in [0.15, 0.2) is 39.9 Å². The number of hydrogen-bond donors (Lipinski definition) is 3. The summed E-state index contributed by atoms with van der Waals surface area (Å²) in [5, 5.41) is 11.1. The number of aromatic amines is 2. The first-order valence-corrected chi connectivity index (χ1v) is 8.16. The van der Waals surface area contributed by atoms with Crippen LogP contribution in [0.3, 0.4) is 0 Å². The highest BCUT2D eigenvalue weighted by molar-refractivity contribution is 5.87. The summed E-state index contributed by atoms with van der Waals surface area (Å²) in [6.45, 7) is 0. The lowest BCUT2D eigenvalue weighted by Gasteiger charge is -2.12. The van der Waals surface area contributed by atoms with Gasteiger partial charge in [0.1, 0.15) is 17.2 Å². The molecule has 3 N–H and O–H groups in total. The molecule has 2 aromatic carbocycles. The van der Waals surface area contributed by atoms with Gasteiger partial charge in [-0.25, -0.2) is 9.59 Å². The average Bonchev–Trinajstić information content (AvgIpc) is 2.65. The van der Waals surface area contributed by atoms with E-state index in [2.05, 4.69) is 9.97 Å². The molecule has 0 unspecified atom stereocenters. The van der Waals surface area contributed by atoms with Gasteiger partial charge in [0.25, 0.3) is 5.56 Å². The number of H-pyrrole nitrogens is 2. The molecule has 140 valence electrons. The number of aromatic carboxylic acids is 1. The standard InChI is InChI=1S/C19H18N2O6/c1-26-13-5-3-10-7-11(15(27-2)9-12(10)8-13)4-6-14-16(18(23)24)20-19(25)21-17(14)22/h3,5,7-9H,4,6H2,1-2H3,(H,23,24)(H2,20,21,22,25). The summed E-state index contributed by atoms with van der Waals surface area (Å²) in [4.78, 5) is 38.9. The Labute approximate surface area is 153 Å². The molecule has 1 aromatic heterocycles. The molecule has 0 aliphatic carbocycles. The van der Waals surface area contributed by atoms with E-state index in [-0.39, 0.29) is 12.0 Å². The van der Waals surface area contributed by atoms with Crippen LogP contribution in [0.5, 0.6) is 11.5 Å². The van der Waals surface area contributed by atoms with Crippen LogP contribution in [-0.4, -0.2) is 35.3 Å². The molecule has 0 saturated carbocycles. The van der Waals surface area contributed by atoms with Crippen molar-refractivity contribution in [1.82, 2.24) is 9.97 Å². The Kier molecular flexibility index (Phi) is 4.98. The number of aryl methyl sites for hydroxylation is 1. The minimum atomic E-state index is -1.36. The van der Waals surface area contributed by atoms with Gasteiger partial charge in [0.05, 0.1) is 14.2 Å². The van der Waals surface area contributed by atoms with E-state index in [0.717, 1.165) is 22.1 Å². The average molecular weight is 370 g/mol. The molecule has 1 heterocycles. The van der Waals surface area contributed by atoms with E-state index in [4.69, 9.17) is 9.47 Å². The Morgan fingerprint density at radius 1 is 1.00 bits per heavy atom. The zero-order chi connectivity index (χ0) is 19.6. The van der Waals surface area contributed by atoms with Crippen molar-refractivity contribution in [1.29, 1.82) is 0 Å². The maximum Gasteiger partial charge on any atom is 0.352 e. The van der Waals surface area contributed by atoms with Crippen molar-refractivity contribution in [2.75, 3.05) is 14.2 Å². The molecule has 0 amide bonds. The smallest absolute Gasteiger partial charge is 0.352 e. The van der Waals surface area contributed by atoms with E-state index in [9.17, 15) is 19.5 Å². The minimum absolute atomic E-state index is 0.0129. The van der Waals surface area contributed by atoms with Crippen LogP contribution in [0.1, 0.15) is 21.6 Å². The maximum absolute atomic E-state index is 12.0. The van der Waals surface area contributed by atoms with Gasteiger partial charge in [0.2, 0.25) is 0 Å². The fourth-order valence-electron chi connectivity index (χ4n) is 3.01. The van der Waals surface area contributed by atoms with E-state index >= 15 is 0 Å². The Hall–Kier alpha value is -3.55. The number of carbonyl (C=O) groups is 1. The zero-order valence-electron chi connectivity index (χ0n) is 14.8. The van der Waals surface area contributed by atoms with Gasteiger partial charge in [-0.3, -0.25) is 9.78 Å². The van der Waals surface area contributed by atoms with Crippen LogP contribution >= 0.6 is 0 Å². The number of nitrogens with one attached hydrogen (secondary N) is 2. The summed E-state index contributed by atoms with van der Waals surface area (Å²) in [6, 6.07) is 9.42. The molecule has 8 nitrogen and oxygen atoms in total. The predicted octanol–water partition coefficient (Wildman–Crippen LogP) is 1.72. The number of hydrogen-bond acceptors (Lipinski definition) is 5. The summed E-state index contributed by atoms with van der Waals surface area (Å²) in [5.41, 5.74) is -1.12. The van der Waals surface area contributed by atoms with Crippen molar-refractivity contribution < 1.29 is 19.4 Å². The first-order valence-electron chi connectivity index (χ1n) is 8.16. The van der Waals surface area contributed by atoms with E-state index in [1.54, 1.807) is 14.2 Å². The molecule has 0 aliphatic heterocycles. The van der Waals surface area contributed by atoms with Crippen molar-refractivity contribution in [2.24, 2.45) is 0 Å². The molecule has 27 heavy (non-hydrogen) atoms. The van der Waals surface area contributed by atoms with Crippen molar-refractivity contribution >= 4 is 16.7 Å². The molecule has 3 rings (SSSR count). The fraction of sp³-hybridized carbons (Fsp3) is 0.211. The van der Waals surface area contributed by atoms with Crippen molar-refractivity contribution in [3.05, 3.63) is 68.0 Å². The zero-order valence-corrected chi connectivity index (χ0v) is 14.8. The predicted molar refractivity (Wildman–Crippen MR) is 99.1 cm³/mol. The van der Waals surface area contributed by atoms with Crippen molar-refractivity contribution in [2.45, 2.75) is 12.8 Å². The van der Waals surface area contributed by atoms with Crippen LogP contribution in [0.2, 0.25) is 0 Å². The minimum Gasteiger partial charge on any atom is -0.497 e. The number of carboxylic acids is 1. The number of carboxylic acid groups (broad SMARTS) is 1. The Balaban J connectivity index is 1.99. The highest BCUT2D eigenvalue weighted by Gasteiger charge is 2.16. The topological polar surface area (TPSA) is 121 Å². The second-order valence-electron chi connectivity index (χ2n) is 5.94. The lowest BCUT2D eigenvalue weighted by molar-refractivity contribution is 0.0688. The number of aromatic nitrogens is 2. The van der Waals surface area contributed by atoms with Gasteiger partial charge in [0.15, 0.2) is 0 Å². The largest absolute Gasteiger partial charge is 0.497 e. The monoisotopic (exact) mass is 370 g/mol. The maximum atomic E-state index is 12.0. The van der Waals surface area contributed by atoms with Crippen molar-refractivity contribution in [3.63, 3.8) is 0 Å². The van der Waals surface area contributed by atoms with Crippen LogP contribution in [0.25, 0.3) is 10.8 Å². The highest BCUT2D eigenvalue weighted by atomic mass is 16.5. The number of benzene rings is 2. The Bertz CT molecular complexity index is 1130. The summed E-state index contributed by atoms with van der Waals surface area (Å²) in [6.07, 6.45) is 0.492. The van der Waals surface area contributed by atoms with Crippen LogP contribution in [0, 0.1) is 0 Å². The van der Waals surface area contributed by atoms with E-state index in [1.807, 2.05) is 30.3 Å². The second kappa shape index (κ2) is 7.36. The number of fused-ring (bicyclic) bond motifs is 1. The van der Waals surface area contributed by atoms with E-state index < -0.39 is 22.9 Å².